The summed E-state index contributed by atoms with van der Waals surface area (Å²) >= 11 is 7.04. The molecule has 1 N–H and O–H groups in total. The number of aromatic carboxylic acids is 1. The molecule has 0 spiro atoms. The first-order chi connectivity index (χ1) is 8.50. The fraction of sp³-hybridized carbons (Fsp3) is 0.231. The van der Waals surface area contributed by atoms with Crippen molar-refractivity contribution < 1.29 is 14.7 Å². The predicted molar refractivity (Wildman–Crippen MR) is 73.0 cm³/mol. The van der Waals surface area contributed by atoms with E-state index in [4.69, 9.17) is 16.7 Å². The zero-order valence-electron chi connectivity index (χ0n) is 9.70. The van der Waals surface area contributed by atoms with E-state index in [0.717, 1.165) is 0 Å². The van der Waals surface area contributed by atoms with Crippen molar-refractivity contribution in [2.24, 2.45) is 0 Å². The third kappa shape index (κ3) is 4.82. The van der Waals surface area contributed by atoms with Crippen molar-refractivity contribution in [1.29, 1.82) is 0 Å². The molecule has 0 heterocycles. The summed E-state index contributed by atoms with van der Waals surface area (Å²) < 4.78 is 0. The quantitative estimate of drug-likeness (QED) is 0.684. The average Bonchev–Trinajstić information content (AvgIpc) is 2.27. The van der Waals surface area contributed by atoms with Crippen LogP contribution in [0.4, 0.5) is 0 Å². The SMILES string of the molecule is CC(=O)SCCC#Cc1ccc(C(=O)O)c(Cl)c1. The highest BCUT2D eigenvalue weighted by Gasteiger charge is 2.07. The van der Waals surface area contributed by atoms with Crippen molar-refractivity contribution >= 4 is 34.4 Å². The van der Waals surface area contributed by atoms with Gasteiger partial charge in [0.2, 0.25) is 0 Å². The van der Waals surface area contributed by atoms with Crippen LogP contribution in [0.3, 0.4) is 0 Å². The van der Waals surface area contributed by atoms with E-state index < -0.39 is 5.97 Å². The molecule has 1 rings (SSSR count). The fourth-order valence-electron chi connectivity index (χ4n) is 1.18. The minimum absolute atomic E-state index is 0.0642. The smallest absolute Gasteiger partial charge is 0.337 e. The molecule has 0 bridgehead atoms. The lowest BCUT2D eigenvalue weighted by molar-refractivity contribution is -0.109. The Morgan fingerprint density at radius 1 is 1.44 bits per heavy atom. The van der Waals surface area contributed by atoms with Gasteiger partial charge >= 0.3 is 5.97 Å². The van der Waals surface area contributed by atoms with Crippen molar-refractivity contribution in [3.8, 4) is 11.8 Å². The van der Waals surface area contributed by atoms with Gasteiger partial charge in [0.25, 0.3) is 0 Å². The molecule has 0 unspecified atom stereocenters. The number of carboxylic acids is 1. The molecule has 0 aromatic heterocycles. The second kappa shape index (κ2) is 7.10. The van der Waals surface area contributed by atoms with E-state index >= 15 is 0 Å². The topological polar surface area (TPSA) is 54.4 Å². The van der Waals surface area contributed by atoms with E-state index in [2.05, 4.69) is 11.8 Å². The second-order valence-electron chi connectivity index (χ2n) is 3.39. The summed E-state index contributed by atoms with van der Waals surface area (Å²) in [5, 5.41) is 9.05. The van der Waals surface area contributed by atoms with Crippen molar-refractivity contribution in [3.05, 3.63) is 34.3 Å². The van der Waals surface area contributed by atoms with Gasteiger partial charge in [-0.3, -0.25) is 4.79 Å². The minimum Gasteiger partial charge on any atom is -0.478 e. The van der Waals surface area contributed by atoms with Crippen LogP contribution < -0.4 is 0 Å². The zero-order valence-corrected chi connectivity index (χ0v) is 11.3. The Balaban J connectivity index is 2.64. The molecule has 3 nitrogen and oxygen atoms in total. The summed E-state index contributed by atoms with van der Waals surface area (Å²) in [5.74, 6) is 5.38. The highest BCUT2D eigenvalue weighted by atomic mass is 35.5. The standard InChI is InChI=1S/C13H11ClO3S/c1-9(15)18-7-3-2-4-10-5-6-11(13(16)17)12(14)8-10/h5-6,8H,3,7H2,1H3,(H,16,17). The maximum atomic E-state index is 10.7. The third-order valence-corrected chi connectivity index (χ3v) is 3.09. The summed E-state index contributed by atoms with van der Waals surface area (Å²) in [6.07, 6.45) is 0.600. The van der Waals surface area contributed by atoms with Crippen LogP contribution in [0.1, 0.15) is 29.3 Å². The minimum atomic E-state index is -1.06. The van der Waals surface area contributed by atoms with E-state index in [1.165, 1.54) is 30.8 Å². The van der Waals surface area contributed by atoms with Gasteiger partial charge < -0.3 is 5.11 Å². The highest BCUT2D eigenvalue weighted by Crippen LogP contribution is 2.17. The first-order valence-electron chi connectivity index (χ1n) is 5.16. The van der Waals surface area contributed by atoms with Crippen LogP contribution in [0.5, 0.6) is 0 Å². The normalized spacial score (nSPS) is 9.44. The molecule has 5 heteroatoms. The molecule has 1 aromatic rings. The maximum absolute atomic E-state index is 10.7. The third-order valence-electron chi connectivity index (χ3n) is 1.96. The molecule has 0 aliphatic heterocycles. The monoisotopic (exact) mass is 282 g/mol. The van der Waals surface area contributed by atoms with Gasteiger partial charge in [0.15, 0.2) is 5.12 Å². The lowest BCUT2D eigenvalue weighted by Gasteiger charge is -1.98. The van der Waals surface area contributed by atoms with Crippen LogP contribution in [0.2, 0.25) is 5.02 Å². The number of hydrogen-bond donors (Lipinski definition) is 1. The van der Waals surface area contributed by atoms with Gasteiger partial charge in [0.05, 0.1) is 10.6 Å². The van der Waals surface area contributed by atoms with E-state index in [1.807, 2.05) is 0 Å². The largest absolute Gasteiger partial charge is 0.478 e. The molecule has 94 valence electrons. The average molecular weight is 283 g/mol. The molecule has 0 amide bonds. The summed E-state index contributed by atoms with van der Waals surface area (Å²) in [6.45, 7) is 1.52. The molecule has 0 saturated heterocycles. The van der Waals surface area contributed by atoms with Gasteiger partial charge in [-0.2, -0.15) is 0 Å². The van der Waals surface area contributed by atoms with Gasteiger partial charge in [-0.15, -0.1) is 0 Å². The van der Waals surface area contributed by atoms with E-state index in [0.29, 0.717) is 17.7 Å². The lowest BCUT2D eigenvalue weighted by Crippen LogP contribution is -1.97. The van der Waals surface area contributed by atoms with Crippen LogP contribution in [0, 0.1) is 11.8 Å². The number of carboxylic acid groups (broad SMARTS) is 1. The molecule has 18 heavy (non-hydrogen) atoms. The Morgan fingerprint density at radius 3 is 2.72 bits per heavy atom. The molecule has 0 radical (unpaired) electrons. The predicted octanol–water partition coefficient (Wildman–Crippen LogP) is 3.06. The Morgan fingerprint density at radius 2 is 2.17 bits per heavy atom. The number of rotatable bonds is 3. The maximum Gasteiger partial charge on any atom is 0.337 e. The van der Waals surface area contributed by atoms with Gasteiger partial charge in [-0.1, -0.05) is 35.2 Å². The summed E-state index contributed by atoms with van der Waals surface area (Å²) in [4.78, 5) is 21.4. The Labute approximate surface area is 115 Å². The molecule has 0 aliphatic carbocycles. The molecular weight excluding hydrogens is 272 g/mol. The Bertz CT molecular complexity index is 529. The lowest BCUT2D eigenvalue weighted by atomic mass is 10.1. The molecule has 0 aliphatic rings. The van der Waals surface area contributed by atoms with Crippen LogP contribution in [0.25, 0.3) is 0 Å². The van der Waals surface area contributed by atoms with Crippen molar-refractivity contribution in [1.82, 2.24) is 0 Å². The van der Waals surface area contributed by atoms with E-state index in [9.17, 15) is 9.59 Å². The molecule has 0 atom stereocenters. The summed E-state index contributed by atoms with van der Waals surface area (Å²) in [5.41, 5.74) is 0.729. The number of carbonyl (C=O) groups excluding carboxylic acids is 1. The number of thioether (sulfide) groups is 1. The second-order valence-corrected chi connectivity index (χ2v) is 5.07. The summed E-state index contributed by atoms with van der Waals surface area (Å²) in [7, 11) is 0. The van der Waals surface area contributed by atoms with Crippen LogP contribution in [-0.4, -0.2) is 21.9 Å². The van der Waals surface area contributed by atoms with Gasteiger partial charge in [-0.25, -0.2) is 4.79 Å². The summed E-state index contributed by atoms with van der Waals surface area (Å²) in [6, 6.07) is 4.57. The number of hydrogen-bond acceptors (Lipinski definition) is 3. The van der Waals surface area contributed by atoms with Gasteiger partial charge in [-0.05, 0) is 18.2 Å². The van der Waals surface area contributed by atoms with Crippen molar-refractivity contribution in [3.63, 3.8) is 0 Å². The van der Waals surface area contributed by atoms with E-state index in [1.54, 1.807) is 6.07 Å². The highest BCUT2D eigenvalue weighted by molar-refractivity contribution is 8.13. The number of halogens is 1. The Hall–Kier alpha value is -1.44. The van der Waals surface area contributed by atoms with Gasteiger partial charge in [0.1, 0.15) is 0 Å². The fourth-order valence-corrected chi connectivity index (χ4v) is 1.93. The Kier molecular flexibility index (Phi) is 5.76. The van der Waals surface area contributed by atoms with Crippen molar-refractivity contribution in [2.45, 2.75) is 13.3 Å². The van der Waals surface area contributed by atoms with E-state index in [-0.39, 0.29) is 15.7 Å². The molecule has 0 saturated carbocycles. The molecular formula is C13H11ClO3S. The zero-order chi connectivity index (χ0) is 13.5. The van der Waals surface area contributed by atoms with Gasteiger partial charge in [0, 0.05) is 24.7 Å². The number of carbonyl (C=O) groups is 2. The van der Waals surface area contributed by atoms with Crippen LogP contribution in [0.15, 0.2) is 18.2 Å². The number of benzene rings is 1. The molecule has 1 aromatic carbocycles. The first kappa shape index (κ1) is 14.6. The van der Waals surface area contributed by atoms with Crippen LogP contribution >= 0.6 is 23.4 Å². The first-order valence-corrected chi connectivity index (χ1v) is 6.52. The van der Waals surface area contributed by atoms with Crippen LogP contribution in [-0.2, 0) is 4.79 Å². The molecule has 0 fully saturated rings. The van der Waals surface area contributed by atoms with Crippen molar-refractivity contribution in [2.75, 3.05) is 5.75 Å².